The molecule has 15 rings (SSSR count). The van der Waals surface area contributed by atoms with E-state index in [-0.39, 0.29) is 140 Å². The van der Waals surface area contributed by atoms with Crippen molar-refractivity contribution in [3.8, 4) is 0 Å². The highest BCUT2D eigenvalue weighted by molar-refractivity contribution is 5.70. The van der Waals surface area contributed by atoms with E-state index in [1.807, 2.05) is 0 Å². The zero-order valence-electron chi connectivity index (χ0n) is 42.9. The molecule has 0 aliphatic carbocycles. The van der Waals surface area contributed by atoms with Crippen molar-refractivity contribution < 1.29 is 76.2 Å². The van der Waals surface area contributed by atoms with Crippen molar-refractivity contribution in [3.05, 3.63) is 24.3 Å². The lowest BCUT2D eigenvalue weighted by Gasteiger charge is -2.53. The van der Waals surface area contributed by atoms with Gasteiger partial charge in [0.05, 0.1) is 116 Å². The number of carbonyl (C=O) groups excluding carboxylic acids is 1. The van der Waals surface area contributed by atoms with Gasteiger partial charge in [0.15, 0.2) is 11.6 Å². The number of esters is 1. The summed E-state index contributed by atoms with van der Waals surface area (Å²) in [4.78, 5) is 14.3. The third-order valence-electron chi connectivity index (χ3n) is 20.2. The van der Waals surface area contributed by atoms with Gasteiger partial charge in [-0.25, -0.2) is 0 Å². The molecule has 0 aromatic carbocycles. The molecule has 73 heavy (non-hydrogen) atoms. The lowest BCUT2D eigenvalue weighted by Crippen LogP contribution is -2.61. The molecule has 15 fully saturated rings. The summed E-state index contributed by atoms with van der Waals surface area (Å²) in [6.07, 6.45) is 7.90. The Labute approximate surface area is 429 Å². The van der Waals surface area contributed by atoms with Gasteiger partial charge in [-0.3, -0.25) is 4.79 Å². The number of hydrogen-bond donors (Lipinski definition) is 2. The van der Waals surface area contributed by atoms with Crippen LogP contribution in [0.1, 0.15) is 142 Å². The summed E-state index contributed by atoms with van der Waals surface area (Å²) < 4.78 is 95.3. The number of aliphatic hydroxyl groups is 1. The van der Waals surface area contributed by atoms with Crippen LogP contribution in [0.4, 0.5) is 0 Å². The van der Waals surface area contributed by atoms with Crippen molar-refractivity contribution in [2.75, 3.05) is 6.54 Å². The van der Waals surface area contributed by atoms with Gasteiger partial charge in [-0.1, -0.05) is 27.0 Å². The second-order valence-electron chi connectivity index (χ2n) is 25.2. The third kappa shape index (κ3) is 9.17. The van der Waals surface area contributed by atoms with E-state index >= 15 is 0 Å². The molecule has 0 saturated carbocycles. The quantitative estimate of drug-likeness (QED) is 0.273. The minimum absolute atomic E-state index is 0.000525. The van der Waals surface area contributed by atoms with Gasteiger partial charge in [0.1, 0.15) is 36.6 Å². The van der Waals surface area contributed by atoms with Crippen molar-refractivity contribution >= 4 is 5.97 Å². The summed E-state index contributed by atoms with van der Waals surface area (Å²) in [5, 5.41) is 11.4. The van der Waals surface area contributed by atoms with Crippen LogP contribution in [0, 0.1) is 11.8 Å². The average molecular weight is 1020 g/mol. The highest BCUT2D eigenvalue weighted by Crippen LogP contribution is 2.55. The summed E-state index contributed by atoms with van der Waals surface area (Å²) in [7, 11) is 0. The molecule has 5 unspecified atom stereocenters. The number of hydrogen-bond acceptors (Lipinski definition) is 17. The van der Waals surface area contributed by atoms with Gasteiger partial charge in [-0.05, 0) is 87.2 Å². The predicted molar refractivity (Wildman–Crippen MR) is 257 cm³/mol. The van der Waals surface area contributed by atoms with Crippen LogP contribution in [0.2, 0.25) is 0 Å². The molecule has 17 nitrogen and oxygen atoms in total. The molecule has 17 heteroatoms. The normalized spacial score (nSPS) is 56.5. The van der Waals surface area contributed by atoms with Gasteiger partial charge in [0.2, 0.25) is 0 Å². The first-order valence-corrected chi connectivity index (χ1v) is 28.9. The van der Waals surface area contributed by atoms with E-state index in [2.05, 4.69) is 27.0 Å². The van der Waals surface area contributed by atoms with Crippen LogP contribution in [0.3, 0.4) is 0 Å². The highest BCUT2D eigenvalue weighted by atomic mass is 16.8. The molecule has 15 aliphatic rings. The molecule has 12 bridgehead atoms. The second-order valence-corrected chi connectivity index (χ2v) is 25.2. The molecule has 15 heterocycles. The Bertz CT molecular complexity index is 2100. The molecule has 15 saturated heterocycles. The zero-order valence-corrected chi connectivity index (χ0v) is 42.9. The van der Waals surface area contributed by atoms with Crippen molar-refractivity contribution in [2.45, 2.75) is 300 Å². The fourth-order valence-corrected chi connectivity index (χ4v) is 16.5. The van der Waals surface area contributed by atoms with Crippen molar-refractivity contribution in [1.82, 2.24) is 0 Å². The topological polar surface area (TPSA) is 193 Å². The fourth-order valence-electron chi connectivity index (χ4n) is 16.5. The summed E-state index contributed by atoms with van der Waals surface area (Å²) in [6.45, 7) is 14.0. The SMILES string of the molecule is C=C1C[C@@H]2CC[C@@]34C[C@H]5OC6C(O3)[C@H]3O[C@H](CC[C@@H]3O[C@H]6C5O4)CC(=O)O[C@@H]3CC4OC5C[C@H](C[C@@H]6O[C@@]7(CC[C@@H]6O)C[C@H](C)[C@@H]6O[C@H](CN)CC[C@@H]6O7)O[C@@H]5C[C@@H]4O[C@H]3C[C@H]3O[C@@H](CC[C@@H]1O2)C[C@@H](C)C3=C. The first kappa shape index (κ1) is 49.6. The minimum Gasteiger partial charge on any atom is -0.459 e. The molecule has 15 aliphatic heterocycles. The molecule has 0 aromatic rings. The van der Waals surface area contributed by atoms with Crippen LogP contribution in [0.5, 0.6) is 0 Å². The Morgan fingerprint density at radius 3 is 2.10 bits per heavy atom. The monoisotopic (exact) mass is 1020 g/mol. The number of fused-ring (bicyclic) bond motifs is 9. The molecule has 0 amide bonds. The standard InChI is InChI=1S/C56H81NO16/c1-26-15-30-5-8-36-27(2)16-32(60-36)11-13-56-24-47-51(72-56)52-53(69-47)54(73-56)50-37(68-52)9-6-31(63-50)19-48(59)67-46-22-45-44(66-43(46)20-39(61-30)29(26)4)21-42-41(65-45)18-34(62-42)17-40-35(58)12-14-55(71-40)23-28(3)49-38(70-55)10-7-33(25-57)64-49/h26,28,30-47,49-54,58H,2,4-25,57H2,1,3H3/t26-,28+,30+,31-,32+,33+,34+,35+,36+,37+,38+,39-,40+,41?,42-,43+,44+,45?,46-,47-,49+,50+,51?,52+,53?,54?,55+,56+/m1/s1. The van der Waals surface area contributed by atoms with Crippen molar-refractivity contribution in [1.29, 1.82) is 0 Å². The molecule has 3 N–H and O–H groups in total. The lowest BCUT2D eigenvalue weighted by atomic mass is 9.81. The number of carbonyl (C=O) groups is 1. The summed E-state index contributed by atoms with van der Waals surface area (Å²) in [5.41, 5.74) is 8.16. The van der Waals surface area contributed by atoms with Crippen LogP contribution >= 0.6 is 0 Å². The van der Waals surface area contributed by atoms with E-state index in [1.54, 1.807) is 0 Å². The number of ether oxygens (including phenoxy) is 14. The molecule has 0 radical (unpaired) electrons. The predicted octanol–water partition coefficient (Wildman–Crippen LogP) is 5.31. The minimum atomic E-state index is -0.815. The Balaban J connectivity index is 0.676. The summed E-state index contributed by atoms with van der Waals surface area (Å²) in [5.74, 6) is -1.42. The van der Waals surface area contributed by atoms with Gasteiger partial charge in [0.25, 0.3) is 0 Å². The van der Waals surface area contributed by atoms with Crippen LogP contribution in [0.25, 0.3) is 0 Å². The van der Waals surface area contributed by atoms with Crippen LogP contribution in [0.15, 0.2) is 24.3 Å². The van der Waals surface area contributed by atoms with E-state index in [9.17, 15) is 9.90 Å². The molecule has 28 atom stereocenters. The van der Waals surface area contributed by atoms with E-state index in [0.29, 0.717) is 77.2 Å². The first-order chi connectivity index (χ1) is 35.3. The summed E-state index contributed by atoms with van der Waals surface area (Å²) >= 11 is 0. The number of rotatable bonds is 3. The van der Waals surface area contributed by atoms with E-state index in [0.717, 1.165) is 62.5 Å². The first-order valence-electron chi connectivity index (χ1n) is 28.9. The van der Waals surface area contributed by atoms with Gasteiger partial charge in [0, 0.05) is 64.3 Å². The largest absolute Gasteiger partial charge is 0.459 e. The van der Waals surface area contributed by atoms with E-state index in [4.69, 9.17) is 72.0 Å². The Morgan fingerprint density at radius 1 is 0.534 bits per heavy atom. The summed E-state index contributed by atoms with van der Waals surface area (Å²) in [6, 6.07) is 0. The van der Waals surface area contributed by atoms with Crippen LogP contribution in [-0.2, 0) is 71.1 Å². The maximum Gasteiger partial charge on any atom is 0.308 e. The van der Waals surface area contributed by atoms with Crippen molar-refractivity contribution in [2.24, 2.45) is 17.6 Å². The van der Waals surface area contributed by atoms with Crippen LogP contribution in [-0.4, -0.2) is 176 Å². The Kier molecular flexibility index (Phi) is 13.1. The zero-order chi connectivity index (χ0) is 49.5. The van der Waals surface area contributed by atoms with Crippen LogP contribution < -0.4 is 5.73 Å². The lowest BCUT2D eigenvalue weighted by molar-refractivity contribution is -0.364. The van der Waals surface area contributed by atoms with Crippen molar-refractivity contribution in [3.63, 3.8) is 0 Å². The molecular weight excluding hydrogens is 943 g/mol. The molecule has 0 aromatic heterocycles. The van der Waals surface area contributed by atoms with E-state index in [1.165, 1.54) is 0 Å². The molecular formula is C56H81NO16. The van der Waals surface area contributed by atoms with Gasteiger partial charge >= 0.3 is 5.97 Å². The fraction of sp³-hybridized carbons (Fsp3) is 0.911. The van der Waals surface area contributed by atoms with Gasteiger partial charge in [-0.2, -0.15) is 0 Å². The molecule has 2 spiro atoms. The Morgan fingerprint density at radius 2 is 1.23 bits per heavy atom. The third-order valence-corrected chi connectivity index (χ3v) is 20.2. The highest BCUT2D eigenvalue weighted by Gasteiger charge is 2.69. The van der Waals surface area contributed by atoms with E-state index < -0.39 is 42.1 Å². The maximum absolute atomic E-state index is 14.3. The number of nitrogens with two attached hydrogens (primary N) is 1. The number of aliphatic hydroxyl groups excluding tert-OH is 1. The van der Waals surface area contributed by atoms with Gasteiger partial charge in [-0.15, -0.1) is 0 Å². The Hall–Kier alpha value is -1.65. The smallest absolute Gasteiger partial charge is 0.308 e. The molecule has 406 valence electrons. The maximum atomic E-state index is 14.3. The average Bonchev–Trinajstić information content (AvgIpc) is 4.09. The van der Waals surface area contributed by atoms with Gasteiger partial charge < -0.3 is 77.2 Å². The second kappa shape index (κ2) is 19.3.